The number of aryl methyl sites for hydroxylation is 1. The lowest BCUT2D eigenvalue weighted by molar-refractivity contribution is -0.123. The van der Waals surface area contributed by atoms with Crippen LogP contribution in [-0.2, 0) is 4.79 Å². The highest BCUT2D eigenvalue weighted by atomic mass is 79.9. The van der Waals surface area contributed by atoms with Crippen LogP contribution in [0.4, 0.5) is 0 Å². The minimum atomic E-state index is -0.343. The molecule has 0 radical (unpaired) electrons. The first kappa shape index (κ1) is 16.6. The van der Waals surface area contributed by atoms with Gasteiger partial charge in [-0.1, -0.05) is 0 Å². The number of rotatable bonds is 5. The molecule has 1 heterocycles. The van der Waals surface area contributed by atoms with E-state index in [-0.39, 0.29) is 12.5 Å². The summed E-state index contributed by atoms with van der Waals surface area (Å²) < 4.78 is 7.07. The molecule has 1 aromatic carbocycles. The molecule has 7 heteroatoms. The number of aromatic nitrogens is 1. The van der Waals surface area contributed by atoms with Crippen molar-refractivity contribution < 1.29 is 9.53 Å². The van der Waals surface area contributed by atoms with Crippen molar-refractivity contribution >= 4 is 44.0 Å². The van der Waals surface area contributed by atoms with Crippen LogP contribution in [0.3, 0.4) is 0 Å². The molecule has 0 aliphatic rings. The van der Waals surface area contributed by atoms with Crippen molar-refractivity contribution in [2.75, 3.05) is 6.61 Å². The first-order chi connectivity index (χ1) is 10.6. The molecule has 1 aromatic heterocycles. The Balaban J connectivity index is 1.87. The number of nitrogens with zero attached hydrogens (tertiary/aromatic N) is 2. The molecule has 2 aromatic rings. The number of carbonyl (C=O) groups is 1. The van der Waals surface area contributed by atoms with E-state index in [0.29, 0.717) is 5.75 Å². The van der Waals surface area contributed by atoms with Crippen molar-refractivity contribution in [2.45, 2.75) is 6.92 Å². The molecular formula is C15H13Br2N3O2. The number of nitrogens with one attached hydrogen (secondary N) is 1. The molecule has 0 aliphatic carbocycles. The van der Waals surface area contributed by atoms with Crippen LogP contribution in [0.15, 0.2) is 50.7 Å². The van der Waals surface area contributed by atoms with Gasteiger partial charge in [0.2, 0.25) is 0 Å². The zero-order chi connectivity index (χ0) is 15.9. The fourth-order valence-corrected chi connectivity index (χ4v) is 3.27. The smallest absolute Gasteiger partial charge is 0.277 e. The lowest BCUT2D eigenvalue weighted by Gasteiger charge is -2.10. The van der Waals surface area contributed by atoms with Crippen LogP contribution in [0.2, 0.25) is 0 Å². The molecule has 22 heavy (non-hydrogen) atoms. The minimum Gasteiger partial charge on any atom is -0.481 e. The van der Waals surface area contributed by atoms with Gasteiger partial charge in [-0.25, -0.2) is 5.43 Å². The number of hydrogen-bond donors (Lipinski definition) is 1. The Morgan fingerprint density at radius 1 is 1.32 bits per heavy atom. The molecule has 0 fully saturated rings. The number of hydrogen-bond acceptors (Lipinski definition) is 4. The molecule has 0 atom stereocenters. The Labute approximate surface area is 145 Å². The maximum absolute atomic E-state index is 11.7. The van der Waals surface area contributed by atoms with Crippen molar-refractivity contribution in [3.05, 3.63) is 56.7 Å². The summed E-state index contributed by atoms with van der Waals surface area (Å²) in [6, 6.07) is 7.40. The predicted molar refractivity (Wildman–Crippen MR) is 92.0 cm³/mol. The first-order valence-corrected chi connectivity index (χ1v) is 7.95. The van der Waals surface area contributed by atoms with E-state index in [1.807, 2.05) is 19.1 Å². The molecule has 1 N–H and O–H groups in total. The summed E-state index contributed by atoms with van der Waals surface area (Å²) in [5.41, 5.74) is 4.33. The molecule has 0 saturated heterocycles. The molecular weight excluding hydrogens is 414 g/mol. The Hall–Kier alpha value is -1.73. The van der Waals surface area contributed by atoms with Crippen molar-refractivity contribution in [2.24, 2.45) is 5.10 Å². The van der Waals surface area contributed by atoms with Gasteiger partial charge in [0.1, 0.15) is 5.75 Å². The number of hydrazone groups is 1. The molecule has 1 amide bonds. The quantitative estimate of drug-likeness (QED) is 0.588. The second kappa shape index (κ2) is 8.05. The summed E-state index contributed by atoms with van der Waals surface area (Å²) in [5.74, 6) is 0.239. The van der Waals surface area contributed by atoms with E-state index < -0.39 is 0 Å². The Morgan fingerprint density at radius 3 is 2.59 bits per heavy atom. The second-order valence-electron chi connectivity index (χ2n) is 4.42. The number of ether oxygens (including phenoxy) is 1. The van der Waals surface area contributed by atoms with Crippen LogP contribution in [0, 0.1) is 6.92 Å². The summed E-state index contributed by atoms with van der Waals surface area (Å²) in [4.78, 5) is 15.6. The van der Waals surface area contributed by atoms with E-state index in [1.54, 1.807) is 24.5 Å². The monoisotopic (exact) mass is 425 g/mol. The average molecular weight is 427 g/mol. The lowest BCUT2D eigenvalue weighted by Crippen LogP contribution is -2.24. The molecule has 0 aliphatic heterocycles. The third kappa shape index (κ3) is 4.92. The van der Waals surface area contributed by atoms with Crippen molar-refractivity contribution in [1.82, 2.24) is 10.4 Å². The maximum Gasteiger partial charge on any atom is 0.277 e. The Bertz CT molecular complexity index is 667. The third-order valence-electron chi connectivity index (χ3n) is 2.60. The van der Waals surface area contributed by atoms with Crippen LogP contribution >= 0.6 is 31.9 Å². The van der Waals surface area contributed by atoms with E-state index in [0.717, 1.165) is 20.1 Å². The van der Waals surface area contributed by atoms with Gasteiger partial charge in [0, 0.05) is 12.4 Å². The average Bonchev–Trinajstić information content (AvgIpc) is 2.47. The van der Waals surface area contributed by atoms with E-state index >= 15 is 0 Å². The number of halogens is 2. The summed E-state index contributed by atoms with van der Waals surface area (Å²) in [5, 5.41) is 3.86. The molecule has 114 valence electrons. The number of amides is 1. The minimum absolute atomic E-state index is 0.131. The maximum atomic E-state index is 11.7. The van der Waals surface area contributed by atoms with Gasteiger partial charge < -0.3 is 4.74 Å². The molecule has 0 saturated carbocycles. The summed E-state index contributed by atoms with van der Waals surface area (Å²) >= 11 is 6.82. The second-order valence-corrected chi connectivity index (χ2v) is 6.13. The van der Waals surface area contributed by atoms with Crippen LogP contribution in [0.5, 0.6) is 5.75 Å². The number of benzene rings is 1. The van der Waals surface area contributed by atoms with Crippen molar-refractivity contribution in [3.63, 3.8) is 0 Å². The fraction of sp³-hybridized carbons (Fsp3) is 0.133. The molecule has 0 spiro atoms. The Morgan fingerprint density at radius 2 is 1.95 bits per heavy atom. The highest BCUT2D eigenvalue weighted by molar-refractivity contribution is 9.11. The number of carbonyl (C=O) groups excluding carboxylic acids is 1. The summed E-state index contributed by atoms with van der Waals surface area (Å²) in [6.07, 6.45) is 4.84. The van der Waals surface area contributed by atoms with Crippen LogP contribution in [0.1, 0.15) is 11.1 Å². The number of pyridine rings is 1. The van der Waals surface area contributed by atoms with E-state index in [2.05, 4.69) is 47.4 Å². The van der Waals surface area contributed by atoms with Gasteiger partial charge in [-0.15, -0.1) is 0 Å². The standard InChI is InChI=1S/C15H13Br2N3O2/c1-10-6-12(16)15(13(17)7-10)22-9-14(21)20-19-8-11-2-4-18-5-3-11/h2-8H,9H2,1H3,(H,20,21)/b19-8-. The summed E-state index contributed by atoms with van der Waals surface area (Å²) in [7, 11) is 0. The normalized spacial score (nSPS) is 10.7. The lowest BCUT2D eigenvalue weighted by atomic mass is 10.2. The zero-order valence-corrected chi connectivity index (χ0v) is 14.9. The zero-order valence-electron chi connectivity index (χ0n) is 11.7. The van der Waals surface area contributed by atoms with Gasteiger partial charge in [0.15, 0.2) is 6.61 Å². The molecule has 0 bridgehead atoms. The van der Waals surface area contributed by atoms with Crippen molar-refractivity contribution in [1.29, 1.82) is 0 Å². The highest BCUT2D eigenvalue weighted by Crippen LogP contribution is 2.34. The van der Waals surface area contributed by atoms with Gasteiger partial charge in [-0.3, -0.25) is 9.78 Å². The Kier molecular flexibility index (Phi) is 6.09. The van der Waals surface area contributed by atoms with Gasteiger partial charge in [0.25, 0.3) is 5.91 Å². The van der Waals surface area contributed by atoms with Crippen LogP contribution in [0.25, 0.3) is 0 Å². The van der Waals surface area contributed by atoms with E-state index in [4.69, 9.17) is 4.74 Å². The van der Waals surface area contributed by atoms with Gasteiger partial charge in [-0.2, -0.15) is 5.10 Å². The molecule has 5 nitrogen and oxygen atoms in total. The van der Waals surface area contributed by atoms with E-state index in [1.165, 1.54) is 6.21 Å². The molecule has 2 rings (SSSR count). The van der Waals surface area contributed by atoms with Gasteiger partial charge >= 0.3 is 0 Å². The fourth-order valence-electron chi connectivity index (χ4n) is 1.62. The largest absolute Gasteiger partial charge is 0.481 e. The van der Waals surface area contributed by atoms with E-state index in [9.17, 15) is 4.79 Å². The van der Waals surface area contributed by atoms with Gasteiger partial charge in [-0.05, 0) is 74.2 Å². The highest BCUT2D eigenvalue weighted by Gasteiger charge is 2.09. The third-order valence-corrected chi connectivity index (χ3v) is 3.78. The predicted octanol–water partition coefficient (Wildman–Crippen LogP) is 3.44. The topological polar surface area (TPSA) is 63.6 Å². The molecule has 0 unspecified atom stereocenters. The van der Waals surface area contributed by atoms with Crippen LogP contribution < -0.4 is 10.2 Å². The first-order valence-electron chi connectivity index (χ1n) is 6.36. The van der Waals surface area contributed by atoms with Crippen molar-refractivity contribution in [3.8, 4) is 5.75 Å². The summed E-state index contributed by atoms with van der Waals surface area (Å²) in [6.45, 7) is 1.84. The van der Waals surface area contributed by atoms with Crippen LogP contribution in [-0.4, -0.2) is 23.7 Å². The van der Waals surface area contributed by atoms with Gasteiger partial charge in [0.05, 0.1) is 15.2 Å². The SMILES string of the molecule is Cc1cc(Br)c(OCC(=O)N/N=C\c2ccncc2)c(Br)c1.